The third-order valence-electron chi connectivity index (χ3n) is 3.25. The second-order valence-corrected chi connectivity index (χ2v) is 4.62. The normalized spacial score (nSPS) is 23.7. The fourth-order valence-electron chi connectivity index (χ4n) is 2.08. The monoisotopic (exact) mass is 252 g/mol. The van der Waals surface area contributed by atoms with E-state index in [9.17, 15) is 9.18 Å². The van der Waals surface area contributed by atoms with Crippen LogP contribution in [0.3, 0.4) is 0 Å². The molecule has 1 aliphatic heterocycles. The van der Waals surface area contributed by atoms with E-state index in [0.29, 0.717) is 13.2 Å². The zero-order valence-corrected chi connectivity index (χ0v) is 10.3. The van der Waals surface area contributed by atoms with Crippen molar-refractivity contribution in [1.29, 1.82) is 0 Å². The molecule has 1 fully saturated rings. The van der Waals surface area contributed by atoms with Gasteiger partial charge >= 0.3 is 0 Å². The number of benzene rings is 1. The summed E-state index contributed by atoms with van der Waals surface area (Å²) in [5.41, 5.74) is 5.65. The third kappa shape index (κ3) is 2.61. The van der Waals surface area contributed by atoms with Gasteiger partial charge in [-0.3, -0.25) is 4.79 Å². The highest BCUT2D eigenvalue weighted by Crippen LogP contribution is 2.18. The highest BCUT2D eigenvalue weighted by Gasteiger charge is 2.24. The van der Waals surface area contributed by atoms with E-state index in [-0.39, 0.29) is 29.1 Å². The molecule has 2 atom stereocenters. The van der Waals surface area contributed by atoms with Gasteiger partial charge in [0.1, 0.15) is 5.82 Å². The largest absolute Gasteiger partial charge is 0.396 e. The predicted octanol–water partition coefficient (Wildman–Crippen LogP) is 1.56. The Kier molecular flexibility index (Phi) is 3.81. The zero-order valence-electron chi connectivity index (χ0n) is 10.3. The summed E-state index contributed by atoms with van der Waals surface area (Å²) in [6, 6.07) is 4.29. The first-order valence-corrected chi connectivity index (χ1v) is 6.02. The maximum absolute atomic E-state index is 13.3. The number of nitrogens with one attached hydrogen (secondary N) is 1. The lowest BCUT2D eigenvalue weighted by molar-refractivity contribution is 0.0375. The van der Waals surface area contributed by atoms with Gasteiger partial charge in [-0.1, -0.05) is 13.0 Å². The summed E-state index contributed by atoms with van der Waals surface area (Å²) in [5.74, 6) is -0.647. The topological polar surface area (TPSA) is 64.3 Å². The average molecular weight is 252 g/mol. The van der Waals surface area contributed by atoms with Gasteiger partial charge in [0.15, 0.2) is 0 Å². The minimum Gasteiger partial charge on any atom is -0.396 e. The van der Waals surface area contributed by atoms with E-state index >= 15 is 0 Å². The molecular weight excluding hydrogens is 235 g/mol. The van der Waals surface area contributed by atoms with Crippen LogP contribution in [0.15, 0.2) is 18.2 Å². The number of anilines is 1. The van der Waals surface area contributed by atoms with E-state index in [0.717, 1.165) is 6.42 Å². The van der Waals surface area contributed by atoms with E-state index in [1.54, 1.807) is 0 Å². The van der Waals surface area contributed by atoms with Gasteiger partial charge in [-0.25, -0.2) is 4.39 Å². The minimum atomic E-state index is -0.567. The molecule has 98 valence electrons. The molecule has 0 spiro atoms. The molecule has 5 heteroatoms. The van der Waals surface area contributed by atoms with Crippen LogP contribution in [0.1, 0.15) is 23.7 Å². The first-order chi connectivity index (χ1) is 8.59. The smallest absolute Gasteiger partial charge is 0.253 e. The molecule has 0 aliphatic carbocycles. The van der Waals surface area contributed by atoms with Crippen LogP contribution in [0, 0.1) is 11.7 Å². The Labute approximate surface area is 105 Å². The number of ether oxygens (including phenoxy) is 1. The Morgan fingerprint density at radius 1 is 1.56 bits per heavy atom. The van der Waals surface area contributed by atoms with Crippen LogP contribution in [0.2, 0.25) is 0 Å². The molecule has 1 aromatic rings. The molecule has 1 aromatic carbocycles. The molecule has 1 amide bonds. The molecule has 0 saturated carbocycles. The molecular formula is C13H17FN2O2. The van der Waals surface area contributed by atoms with Crippen LogP contribution in [0.5, 0.6) is 0 Å². The summed E-state index contributed by atoms with van der Waals surface area (Å²) < 4.78 is 18.6. The lowest BCUT2D eigenvalue weighted by atomic mass is 9.97. The maximum Gasteiger partial charge on any atom is 0.253 e. The highest BCUT2D eigenvalue weighted by atomic mass is 19.1. The van der Waals surface area contributed by atoms with Gasteiger partial charge in [0.25, 0.3) is 5.91 Å². The van der Waals surface area contributed by atoms with Gasteiger partial charge in [-0.2, -0.15) is 0 Å². The fraction of sp³-hybridized carbons (Fsp3) is 0.462. The number of hydrogen-bond donors (Lipinski definition) is 2. The number of amides is 1. The Hall–Kier alpha value is -1.62. The summed E-state index contributed by atoms with van der Waals surface area (Å²) in [5, 5.41) is 2.89. The van der Waals surface area contributed by atoms with Crippen LogP contribution in [0.4, 0.5) is 10.1 Å². The predicted molar refractivity (Wildman–Crippen MR) is 66.7 cm³/mol. The highest BCUT2D eigenvalue weighted by molar-refractivity contribution is 5.99. The molecule has 4 nitrogen and oxygen atoms in total. The minimum absolute atomic E-state index is 0.0499. The van der Waals surface area contributed by atoms with Crippen molar-refractivity contribution in [2.24, 2.45) is 5.92 Å². The van der Waals surface area contributed by atoms with Crippen molar-refractivity contribution in [3.8, 4) is 0 Å². The number of hydrogen-bond acceptors (Lipinski definition) is 3. The number of carbonyl (C=O) groups excluding carboxylic acids is 1. The molecule has 0 radical (unpaired) electrons. The molecule has 2 unspecified atom stereocenters. The van der Waals surface area contributed by atoms with Crippen LogP contribution < -0.4 is 11.1 Å². The molecule has 3 N–H and O–H groups in total. The first-order valence-electron chi connectivity index (χ1n) is 6.02. The number of nitrogen functional groups attached to an aromatic ring is 1. The van der Waals surface area contributed by atoms with Gasteiger partial charge in [-0.15, -0.1) is 0 Å². The lowest BCUT2D eigenvalue weighted by Gasteiger charge is -2.29. The first kappa shape index (κ1) is 12.8. The molecule has 1 heterocycles. The maximum atomic E-state index is 13.3. The van der Waals surface area contributed by atoms with Crippen molar-refractivity contribution in [3.05, 3.63) is 29.6 Å². The lowest BCUT2D eigenvalue weighted by Crippen LogP contribution is -2.44. The Bertz CT molecular complexity index is 451. The Morgan fingerprint density at radius 3 is 3.06 bits per heavy atom. The summed E-state index contributed by atoms with van der Waals surface area (Å²) >= 11 is 0. The average Bonchev–Trinajstić information content (AvgIpc) is 2.35. The van der Waals surface area contributed by atoms with Crippen molar-refractivity contribution in [1.82, 2.24) is 5.32 Å². The van der Waals surface area contributed by atoms with E-state index < -0.39 is 5.82 Å². The van der Waals surface area contributed by atoms with E-state index in [1.165, 1.54) is 18.2 Å². The third-order valence-corrected chi connectivity index (χ3v) is 3.25. The van der Waals surface area contributed by atoms with Gasteiger partial charge in [0, 0.05) is 12.6 Å². The van der Waals surface area contributed by atoms with Crippen LogP contribution >= 0.6 is 0 Å². The second-order valence-electron chi connectivity index (χ2n) is 4.62. The molecule has 18 heavy (non-hydrogen) atoms. The van der Waals surface area contributed by atoms with Crippen molar-refractivity contribution in [2.75, 3.05) is 18.9 Å². The number of halogens is 1. The summed E-state index contributed by atoms with van der Waals surface area (Å²) in [7, 11) is 0. The van der Waals surface area contributed by atoms with Crippen molar-refractivity contribution < 1.29 is 13.9 Å². The number of carbonyl (C=O) groups is 1. The fourth-order valence-corrected chi connectivity index (χ4v) is 2.08. The summed E-state index contributed by atoms with van der Waals surface area (Å²) in [6.45, 7) is 3.27. The standard InChI is InChI=1S/C13H17FN2O2/c1-8-7-18-6-5-11(8)16-13(17)9-3-2-4-10(14)12(9)15/h2-4,8,11H,5-7,15H2,1H3,(H,16,17). The molecule has 0 bridgehead atoms. The quantitative estimate of drug-likeness (QED) is 0.785. The van der Waals surface area contributed by atoms with Gasteiger partial charge < -0.3 is 15.8 Å². The van der Waals surface area contributed by atoms with Crippen molar-refractivity contribution >= 4 is 11.6 Å². The molecule has 0 aromatic heterocycles. The molecule has 1 saturated heterocycles. The van der Waals surface area contributed by atoms with E-state index in [1.807, 2.05) is 6.92 Å². The Balaban J connectivity index is 2.09. The number of para-hydroxylation sites is 1. The second kappa shape index (κ2) is 5.35. The summed E-state index contributed by atoms with van der Waals surface area (Å²) in [6.07, 6.45) is 0.766. The van der Waals surface area contributed by atoms with Crippen molar-refractivity contribution in [3.63, 3.8) is 0 Å². The van der Waals surface area contributed by atoms with E-state index in [2.05, 4.69) is 5.32 Å². The molecule has 2 rings (SSSR count). The van der Waals surface area contributed by atoms with Crippen LogP contribution in [0.25, 0.3) is 0 Å². The van der Waals surface area contributed by atoms with Crippen LogP contribution in [-0.2, 0) is 4.74 Å². The summed E-state index contributed by atoms with van der Waals surface area (Å²) in [4.78, 5) is 12.0. The number of nitrogens with two attached hydrogens (primary N) is 1. The van der Waals surface area contributed by atoms with Gasteiger partial charge in [0.2, 0.25) is 0 Å². The van der Waals surface area contributed by atoms with E-state index in [4.69, 9.17) is 10.5 Å². The van der Waals surface area contributed by atoms with Gasteiger partial charge in [0.05, 0.1) is 17.9 Å². The zero-order chi connectivity index (χ0) is 13.1. The Morgan fingerprint density at radius 2 is 2.33 bits per heavy atom. The number of rotatable bonds is 2. The van der Waals surface area contributed by atoms with Crippen molar-refractivity contribution in [2.45, 2.75) is 19.4 Å². The molecule has 1 aliphatic rings. The van der Waals surface area contributed by atoms with Crippen LogP contribution in [-0.4, -0.2) is 25.2 Å². The SMILES string of the molecule is CC1COCCC1NC(=O)c1cccc(F)c1N. The van der Waals surface area contributed by atoms with Gasteiger partial charge in [-0.05, 0) is 24.5 Å².